The number of rotatable bonds is 1. The van der Waals surface area contributed by atoms with Crippen molar-refractivity contribution in [3.05, 3.63) is 29.8 Å². The second-order valence-corrected chi connectivity index (χ2v) is 4.88. The lowest BCUT2D eigenvalue weighted by Gasteiger charge is -2.28. The Morgan fingerprint density at radius 3 is 3.00 bits per heavy atom. The number of nitrogens with two attached hydrogens (primary N) is 1. The number of hydrogen-bond acceptors (Lipinski definition) is 3. The van der Waals surface area contributed by atoms with E-state index in [9.17, 15) is 5.11 Å². The molecular formula is C11H15NOS. The minimum Gasteiger partial charge on any atom is -0.508 e. The highest BCUT2D eigenvalue weighted by molar-refractivity contribution is 7.99. The fourth-order valence-electron chi connectivity index (χ4n) is 1.85. The number of benzene rings is 1. The molecule has 1 aromatic rings. The van der Waals surface area contributed by atoms with Crippen LogP contribution in [0, 0.1) is 0 Å². The summed E-state index contributed by atoms with van der Waals surface area (Å²) < 4.78 is 0. The van der Waals surface area contributed by atoms with Crippen LogP contribution in [0.15, 0.2) is 24.3 Å². The molecule has 3 heteroatoms. The van der Waals surface area contributed by atoms with E-state index in [1.165, 1.54) is 5.56 Å². The molecule has 76 valence electrons. The molecule has 2 unspecified atom stereocenters. The quantitative estimate of drug-likeness (QED) is 0.743. The SMILES string of the molecule is NC1CCSCC1c1cccc(O)c1. The van der Waals surface area contributed by atoms with E-state index in [2.05, 4.69) is 6.07 Å². The van der Waals surface area contributed by atoms with Gasteiger partial charge >= 0.3 is 0 Å². The Kier molecular flexibility index (Phi) is 2.99. The number of aromatic hydroxyl groups is 1. The van der Waals surface area contributed by atoms with Gasteiger partial charge in [0.2, 0.25) is 0 Å². The first kappa shape index (κ1) is 9.87. The second kappa shape index (κ2) is 4.24. The summed E-state index contributed by atoms with van der Waals surface area (Å²) >= 11 is 1.95. The third kappa shape index (κ3) is 2.04. The smallest absolute Gasteiger partial charge is 0.115 e. The monoisotopic (exact) mass is 209 g/mol. The molecule has 1 aromatic carbocycles. The predicted octanol–water partition coefficient (Wildman–Crippen LogP) is 1.94. The van der Waals surface area contributed by atoms with E-state index in [4.69, 9.17) is 5.73 Å². The van der Waals surface area contributed by atoms with Gasteiger partial charge in [0, 0.05) is 17.7 Å². The molecule has 14 heavy (non-hydrogen) atoms. The average Bonchev–Trinajstić information content (AvgIpc) is 2.18. The van der Waals surface area contributed by atoms with Crippen molar-refractivity contribution in [2.24, 2.45) is 5.73 Å². The topological polar surface area (TPSA) is 46.2 Å². The molecule has 1 fully saturated rings. The maximum absolute atomic E-state index is 9.38. The van der Waals surface area contributed by atoms with Crippen LogP contribution in [-0.2, 0) is 0 Å². The zero-order chi connectivity index (χ0) is 9.97. The third-order valence-electron chi connectivity index (χ3n) is 2.71. The van der Waals surface area contributed by atoms with Gasteiger partial charge in [-0.25, -0.2) is 0 Å². The van der Waals surface area contributed by atoms with Gasteiger partial charge in [-0.15, -0.1) is 0 Å². The van der Waals surface area contributed by atoms with Crippen molar-refractivity contribution in [2.75, 3.05) is 11.5 Å². The lowest BCUT2D eigenvalue weighted by molar-refractivity contribution is 0.472. The molecule has 0 radical (unpaired) electrons. The maximum atomic E-state index is 9.38. The van der Waals surface area contributed by atoms with Gasteiger partial charge in [-0.3, -0.25) is 0 Å². The molecule has 1 aliphatic rings. The largest absolute Gasteiger partial charge is 0.508 e. The van der Waals surface area contributed by atoms with Crippen LogP contribution in [0.4, 0.5) is 0 Å². The number of phenolic OH excluding ortho intramolecular Hbond substituents is 1. The molecule has 2 nitrogen and oxygen atoms in total. The Morgan fingerprint density at radius 1 is 1.43 bits per heavy atom. The summed E-state index contributed by atoms with van der Waals surface area (Å²) in [5.41, 5.74) is 7.24. The van der Waals surface area contributed by atoms with Gasteiger partial charge in [-0.2, -0.15) is 11.8 Å². The van der Waals surface area contributed by atoms with Crippen LogP contribution in [0.3, 0.4) is 0 Å². The molecule has 1 aliphatic heterocycles. The third-order valence-corrected chi connectivity index (χ3v) is 3.83. The highest BCUT2D eigenvalue weighted by Gasteiger charge is 2.23. The maximum Gasteiger partial charge on any atom is 0.115 e. The van der Waals surface area contributed by atoms with Gasteiger partial charge < -0.3 is 10.8 Å². The summed E-state index contributed by atoms with van der Waals surface area (Å²) in [6, 6.07) is 7.71. The Balaban J connectivity index is 2.20. The van der Waals surface area contributed by atoms with E-state index >= 15 is 0 Å². The van der Waals surface area contributed by atoms with Gasteiger partial charge in [-0.05, 0) is 29.9 Å². The van der Waals surface area contributed by atoms with E-state index in [0.717, 1.165) is 17.9 Å². The molecule has 0 saturated carbocycles. The first-order valence-corrected chi connectivity index (χ1v) is 6.05. The van der Waals surface area contributed by atoms with Crippen LogP contribution >= 0.6 is 11.8 Å². The van der Waals surface area contributed by atoms with Gasteiger partial charge in [0.25, 0.3) is 0 Å². The first-order valence-electron chi connectivity index (χ1n) is 4.89. The van der Waals surface area contributed by atoms with Crippen LogP contribution in [0.2, 0.25) is 0 Å². The van der Waals surface area contributed by atoms with Gasteiger partial charge in [0.1, 0.15) is 5.75 Å². The van der Waals surface area contributed by atoms with Crippen LogP contribution in [0.25, 0.3) is 0 Å². The van der Waals surface area contributed by atoms with Crippen molar-refractivity contribution in [3.8, 4) is 5.75 Å². The van der Waals surface area contributed by atoms with Crippen molar-refractivity contribution < 1.29 is 5.11 Å². The number of phenols is 1. The van der Waals surface area contributed by atoms with E-state index in [1.54, 1.807) is 6.07 Å². The van der Waals surface area contributed by atoms with E-state index in [0.29, 0.717) is 11.7 Å². The highest BCUT2D eigenvalue weighted by Crippen LogP contribution is 2.31. The molecule has 0 amide bonds. The fraction of sp³-hybridized carbons (Fsp3) is 0.455. The summed E-state index contributed by atoms with van der Waals surface area (Å²) in [6.45, 7) is 0. The standard InChI is InChI=1S/C11H15NOS/c12-11-4-5-14-7-10(11)8-2-1-3-9(13)6-8/h1-3,6,10-11,13H,4-5,7,12H2. The van der Waals surface area contributed by atoms with E-state index < -0.39 is 0 Å². The Labute approximate surface area is 88.5 Å². The van der Waals surface area contributed by atoms with Crippen molar-refractivity contribution in [1.29, 1.82) is 0 Å². The Morgan fingerprint density at radius 2 is 2.29 bits per heavy atom. The van der Waals surface area contributed by atoms with Crippen LogP contribution in [0.1, 0.15) is 17.9 Å². The molecule has 0 aliphatic carbocycles. The Bertz CT molecular complexity index is 316. The van der Waals surface area contributed by atoms with Crippen molar-refractivity contribution in [3.63, 3.8) is 0 Å². The second-order valence-electron chi connectivity index (χ2n) is 3.73. The summed E-state index contributed by atoms with van der Waals surface area (Å²) in [6.07, 6.45) is 1.07. The van der Waals surface area contributed by atoms with Crippen molar-refractivity contribution in [2.45, 2.75) is 18.4 Å². The molecular weight excluding hydrogens is 194 g/mol. The predicted molar refractivity (Wildman–Crippen MR) is 60.8 cm³/mol. The van der Waals surface area contributed by atoms with Crippen molar-refractivity contribution >= 4 is 11.8 Å². The molecule has 3 N–H and O–H groups in total. The molecule has 2 rings (SSSR count). The fourth-order valence-corrected chi connectivity index (χ4v) is 3.15. The van der Waals surface area contributed by atoms with Gasteiger partial charge in [0.05, 0.1) is 0 Å². The highest BCUT2D eigenvalue weighted by atomic mass is 32.2. The molecule has 0 bridgehead atoms. The molecule has 2 atom stereocenters. The summed E-state index contributed by atoms with van der Waals surface area (Å²) in [5.74, 6) is 2.98. The van der Waals surface area contributed by atoms with E-state index in [-0.39, 0.29) is 6.04 Å². The van der Waals surface area contributed by atoms with Crippen LogP contribution in [-0.4, -0.2) is 22.7 Å². The lowest BCUT2D eigenvalue weighted by atomic mass is 9.91. The minimum atomic E-state index is 0.248. The lowest BCUT2D eigenvalue weighted by Crippen LogP contribution is -2.33. The minimum absolute atomic E-state index is 0.248. The Hall–Kier alpha value is -0.670. The zero-order valence-electron chi connectivity index (χ0n) is 8.02. The summed E-state index contributed by atoms with van der Waals surface area (Å²) in [5, 5.41) is 9.38. The average molecular weight is 209 g/mol. The summed E-state index contributed by atoms with van der Waals surface area (Å²) in [7, 11) is 0. The molecule has 1 heterocycles. The van der Waals surface area contributed by atoms with Crippen LogP contribution < -0.4 is 5.73 Å². The molecule has 0 aromatic heterocycles. The number of thioether (sulfide) groups is 1. The normalized spacial score (nSPS) is 27.5. The van der Waals surface area contributed by atoms with Crippen LogP contribution in [0.5, 0.6) is 5.75 Å². The number of hydrogen-bond donors (Lipinski definition) is 2. The molecule has 1 saturated heterocycles. The van der Waals surface area contributed by atoms with E-state index in [1.807, 2.05) is 23.9 Å². The summed E-state index contributed by atoms with van der Waals surface area (Å²) in [4.78, 5) is 0. The molecule has 0 spiro atoms. The first-order chi connectivity index (χ1) is 6.77. The van der Waals surface area contributed by atoms with Gasteiger partial charge in [-0.1, -0.05) is 12.1 Å². The van der Waals surface area contributed by atoms with Gasteiger partial charge in [0.15, 0.2) is 0 Å². The van der Waals surface area contributed by atoms with Crippen molar-refractivity contribution in [1.82, 2.24) is 0 Å². The zero-order valence-corrected chi connectivity index (χ0v) is 8.83.